The van der Waals surface area contributed by atoms with Gasteiger partial charge in [-0.2, -0.15) is 0 Å². The van der Waals surface area contributed by atoms with Crippen LogP contribution >= 0.6 is 0 Å². The first-order valence-electron chi connectivity index (χ1n) is 6.01. The molecule has 1 aromatic heterocycles. The molecule has 1 aromatic rings. The Hall–Kier alpha value is -1.16. The van der Waals surface area contributed by atoms with E-state index in [2.05, 4.69) is 29.1 Å². The molecule has 0 amide bonds. The van der Waals surface area contributed by atoms with Crippen LogP contribution < -0.4 is 11.1 Å². The van der Waals surface area contributed by atoms with E-state index in [9.17, 15) is 0 Å². The summed E-state index contributed by atoms with van der Waals surface area (Å²) in [5.41, 5.74) is 6.61. The van der Waals surface area contributed by atoms with Gasteiger partial charge in [-0.05, 0) is 25.3 Å². The number of aromatic nitrogens is 2. The minimum atomic E-state index is 0.578. The van der Waals surface area contributed by atoms with E-state index in [-0.39, 0.29) is 0 Å². The van der Waals surface area contributed by atoms with Crippen molar-refractivity contribution in [1.82, 2.24) is 9.97 Å². The Morgan fingerprint density at radius 1 is 1.44 bits per heavy atom. The van der Waals surface area contributed by atoms with Gasteiger partial charge in [-0.25, -0.2) is 9.97 Å². The Balaban J connectivity index is 2.44. The molecule has 0 aliphatic heterocycles. The highest BCUT2D eigenvalue weighted by molar-refractivity contribution is 5.34. The summed E-state index contributed by atoms with van der Waals surface area (Å²) in [5.74, 6) is 1.50. The van der Waals surface area contributed by atoms with E-state index in [0.29, 0.717) is 5.92 Å². The van der Waals surface area contributed by atoms with Gasteiger partial charge in [0.15, 0.2) is 0 Å². The standard InChI is InChI=1S/C12H22N4/c1-3-4-11-7-12(16-9-15-11)14-8-10(2)5-6-13/h7,9-10H,3-6,8,13H2,1-2H3,(H,14,15,16). The molecule has 0 saturated heterocycles. The molecule has 90 valence electrons. The van der Waals surface area contributed by atoms with Crippen molar-refractivity contribution in [3.8, 4) is 0 Å². The molecule has 1 heterocycles. The van der Waals surface area contributed by atoms with Gasteiger partial charge in [-0.3, -0.25) is 0 Å². The first-order valence-corrected chi connectivity index (χ1v) is 6.01. The molecule has 0 radical (unpaired) electrons. The second-order valence-corrected chi connectivity index (χ2v) is 4.21. The smallest absolute Gasteiger partial charge is 0.129 e. The van der Waals surface area contributed by atoms with Gasteiger partial charge in [-0.1, -0.05) is 20.3 Å². The first kappa shape index (κ1) is 12.9. The molecule has 4 heteroatoms. The normalized spacial score (nSPS) is 12.4. The third-order valence-electron chi connectivity index (χ3n) is 2.52. The maximum Gasteiger partial charge on any atom is 0.129 e. The zero-order valence-electron chi connectivity index (χ0n) is 10.2. The quantitative estimate of drug-likeness (QED) is 0.738. The number of hydrogen-bond acceptors (Lipinski definition) is 4. The lowest BCUT2D eigenvalue weighted by molar-refractivity contribution is 0.567. The number of nitrogens with zero attached hydrogens (tertiary/aromatic N) is 2. The van der Waals surface area contributed by atoms with Crippen LogP contribution in [0.5, 0.6) is 0 Å². The Labute approximate surface area is 97.7 Å². The van der Waals surface area contributed by atoms with Crippen molar-refractivity contribution in [3.05, 3.63) is 18.1 Å². The SMILES string of the molecule is CCCc1cc(NCC(C)CCN)ncn1. The first-order chi connectivity index (χ1) is 7.76. The van der Waals surface area contributed by atoms with Gasteiger partial charge in [0.25, 0.3) is 0 Å². The number of aryl methyl sites for hydroxylation is 1. The van der Waals surface area contributed by atoms with Crippen molar-refractivity contribution in [1.29, 1.82) is 0 Å². The summed E-state index contributed by atoms with van der Waals surface area (Å²) in [6.07, 6.45) is 4.79. The highest BCUT2D eigenvalue weighted by Gasteiger charge is 2.02. The fraction of sp³-hybridized carbons (Fsp3) is 0.667. The van der Waals surface area contributed by atoms with E-state index in [1.54, 1.807) is 6.33 Å². The molecule has 0 fully saturated rings. The lowest BCUT2D eigenvalue weighted by atomic mass is 10.1. The summed E-state index contributed by atoms with van der Waals surface area (Å²) < 4.78 is 0. The fourth-order valence-electron chi connectivity index (χ4n) is 1.55. The van der Waals surface area contributed by atoms with Crippen LogP contribution in [0.25, 0.3) is 0 Å². The maximum absolute atomic E-state index is 5.51. The topological polar surface area (TPSA) is 63.8 Å². The van der Waals surface area contributed by atoms with Crippen molar-refractivity contribution in [2.75, 3.05) is 18.4 Å². The summed E-state index contributed by atoms with van der Waals surface area (Å²) in [5, 5.41) is 3.32. The molecular formula is C12H22N4. The van der Waals surface area contributed by atoms with E-state index in [1.165, 1.54) is 0 Å². The third kappa shape index (κ3) is 4.57. The Morgan fingerprint density at radius 3 is 2.94 bits per heavy atom. The summed E-state index contributed by atoms with van der Waals surface area (Å²) in [4.78, 5) is 8.42. The number of hydrogen-bond donors (Lipinski definition) is 2. The molecule has 1 atom stereocenters. The van der Waals surface area contributed by atoms with E-state index in [4.69, 9.17) is 5.73 Å². The summed E-state index contributed by atoms with van der Waals surface area (Å²) in [6, 6.07) is 2.03. The van der Waals surface area contributed by atoms with Crippen molar-refractivity contribution in [2.45, 2.75) is 33.1 Å². The zero-order valence-corrected chi connectivity index (χ0v) is 10.2. The van der Waals surface area contributed by atoms with Crippen LogP contribution in [-0.2, 0) is 6.42 Å². The monoisotopic (exact) mass is 222 g/mol. The molecule has 0 spiro atoms. The van der Waals surface area contributed by atoms with Crippen LogP contribution in [0.2, 0.25) is 0 Å². The largest absolute Gasteiger partial charge is 0.370 e. The molecule has 0 aromatic carbocycles. The van der Waals surface area contributed by atoms with Gasteiger partial charge < -0.3 is 11.1 Å². The Bertz CT molecular complexity index is 301. The molecular weight excluding hydrogens is 200 g/mol. The highest BCUT2D eigenvalue weighted by atomic mass is 15.0. The van der Waals surface area contributed by atoms with Gasteiger partial charge in [-0.15, -0.1) is 0 Å². The van der Waals surface area contributed by atoms with Crippen molar-refractivity contribution in [2.24, 2.45) is 11.7 Å². The fourth-order valence-corrected chi connectivity index (χ4v) is 1.55. The van der Waals surface area contributed by atoms with Crippen LogP contribution in [0.1, 0.15) is 32.4 Å². The third-order valence-corrected chi connectivity index (χ3v) is 2.52. The van der Waals surface area contributed by atoms with Crippen LogP contribution in [0.15, 0.2) is 12.4 Å². The molecule has 0 aliphatic carbocycles. The number of nitrogens with two attached hydrogens (primary N) is 1. The van der Waals surface area contributed by atoms with Gasteiger partial charge in [0.05, 0.1) is 0 Å². The lowest BCUT2D eigenvalue weighted by Gasteiger charge is -2.12. The molecule has 0 saturated carbocycles. The minimum absolute atomic E-state index is 0.578. The number of anilines is 1. The van der Waals surface area contributed by atoms with E-state index >= 15 is 0 Å². The van der Waals surface area contributed by atoms with E-state index in [1.807, 2.05) is 6.07 Å². The number of rotatable bonds is 7. The Morgan fingerprint density at radius 2 is 2.25 bits per heavy atom. The summed E-state index contributed by atoms with van der Waals surface area (Å²) in [7, 11) is 0. The van der Waals surface area contributed by atoms with Crippen LogP contribution in [-0.4, -0.2) is 23.1 Å². The van der Waals surface area contributed by atoms with Crippen molar-refractivity contribution < 1.29 is 0 Å². The van der Waals surface area contributed by atoms with Crippen molar-refractivity contribution in [3.63, 3.8) is 0 Å². The molecule has 16 heavy (non-hydrogen) atoms. The summed E-state index contributed by atoms with van der Waals surface area (Å²) in [6.45, 7) is 6.00. The predicted octanol–water partition coefficient (Wildman–Crippen LogP) is 1.83. The number of nitrogens with one attached hydrogen (secondary N) is 1. The van der Waals surface area contributed by atoms with Gasteiger partial charge in [0.1, 0.15) is 12.1 Å². The van der Waals surface area contributed by atoms with Gasteiger partial charge in [0, 0.05) is 18.3 Å². The zero-order chi connectivity index (χ0) is 11.8. The second-order valence-electron chi connectivity index (χ2n) is 4.21. The van der Waals surface area contributed by atoms with Gasteiger partial charge in [0.2, 0.25) is 0 Å². The molecule has 3 N–H and O–H groups in total. The predicted molar refractivity (Wildman–Crippen MR) is 67.4 cm³/mol. The van der Waals surface area contributed by atoms with Crippen LogP contribution in [0.4, 0.5) is 5.82 Å². The molecule has 1 rings (SSSR count). The average Bonchev–Trinajstić information content (AvgIpc) is 2.28. The van der Waals surface area contributed by atoms with Crippen LogP contribution in [0.3, 0.4) is 0 Å². The highest BCUT2D eigenvalue weighted by Crippen LogP contribution is 2.08. The molecule has 4 nitrogen and oxygen atoms in total. The van der Waals surface area contributed by atoms with E-state index < -0.39 is 0 Å². The maximum atomic E-state index is 5.51. The second kappa shape index (κ2) is 7.17. The van der Waals surface area contributed by atoms with Gasteiger partial charge >= 0.3 is 0 Å². The average molecular weight is 222 g/mol. The molecule has 0 bridgehead atoms. The molecule has 1 unspecified atom stereocenters. The van der Waals surface area contributed by atoms with Crippen LogP contribution in [0, 0.1) is 5.92 Å². The molecule has 0 aliphatic rings. The van der Waals surface area contributed by atoms with Crippen molar-refractivity contribution >= 4 is 5.82 Å². The summed E-state index contributed by atoms with van der Waals surface area (Å²) >= 11 is 0. The minimum Gasteiger partial charge on any atom is -0.370 e. The lowest BCUT2D eigenvalue weighted by Crippen LogP contribution is -2.16. The van der Waals surface area contributed by atoms with E-state index in [0.717, 1.165) is 43.9 Å². The Kier molecular flexibility index (Phi) is 5.78.